The van der Waals surface area contributed by atoms with E-state index in [1.54, 1.807) is 19.6 Å². The van der Waals surface area contributed by atoms with Crippen LogP contribution in [0.4, 0.5) is 0 Å². The molecule has 0 bridgehead atoms. The monoisotopic (exact) mass is 442 g/mol. The maximum Gasteiger partial charge on any atom is 0.187 e. The average Bonchev–Trinajstić information content (AvgIpc) is 3.45. The van der Waals surface area contributed by atoms with E-state index < -0.39 is 5.79 Å². The first-order valence-electron chi connectivity index (χ1n) is 10.4. The Hall–Kier alpha value is -2.38. The highest BCUT2D eigenvalue weighted by Crippen LogP contribution is 2.31. The molecule has 0 saturated carbocycles. The van der Waals surface area contributed by atoms with Crippen molar-refractivity contribution in [1.82, 2.24) is 9.55 Å². The third-order valence-corrected chi connectivity index (χ3v) is 5.59. The number of rotatable bonds is 10. The Labute approximate surface area is 187 Å². The lowest BCUT2D eigenvalue weighted by Crippen LogP contribution is -2.37. The van der Waals surface area contributed by atoms with Crippen molar-refractivity contribution in [2.45, 2.75) is 37.9 Å². The topological polar surface area (TPSA) is 54.7 Å². The van der Waals surface area contributed by atoms with E-state index in [1.807, 2.05) is 59.3 Å². The molecular formula is C24H27ClN2O4. The van der Waals surface area contributed by atoms with Gasteiger partial charge in [0.25, 0.3) is 0 Å². The minimum absolute atomic E-state index is 0.119. The van der Waals surface area contributed by atoms with Crippen LogP contribution in [0.5, 0.6) is 5.75 Å². The molecule has 0 radical (unpaired) electrons. The quantitative estimate of drug-likeness (QED) is 0.462. The molecular weight excluding hydrogens is 416 g/mol. The predicted molar refractivity (Wildman–Crippen MR) is 118 cm³/mol. The van der Waals surface area contributed by atoms with Crippen molar-refractivity contribution in [1.29, 1.82) is 0 Å². The largest absolute Gasteiger partial charge is 0.497 e. The fraction of sp³-hybridized carbons (Fsp3) is 0.375. The second-order valence-corrected chi connectivity index (χ2v) is 8.12. The van der Waals surface area contributed by atoms with Crippen molar-refractivity contribution in [2.75, 3.05) is 20.3 Å². The number of aryl methyl sites for hydroxylation is 1. The van der Waals surface area contributed by atoms with Gasteiger partial charge < -0.3 is 23.5 Å². The van der Waals surface area contributed by atoms with E-state index in [0.29, 0.717) is 26.4 Å². The van der Waals surface area contributed by atoms with Crippen LogP contribution < -0.4 is 4.74 Å². The van der Waals surface area contributed by atoms with E-state index >= 15 is 0 Å². The lowest BCUT2D eigenvalue weighted by Gasteiger charge is -2.28. The summed E-state index contributed by atoms with van der Waals surface area (Å²) in [5.41, 5.74) is 2.29. The first-order valence-corrected chi connectivity index (χ1v) is 10.7. The molecule has 2 aromatic carbocycles. The van der Waals surface area contributed by atoms with E-state index in [4.69, 9.17) is 30.5 Å². The van der Waals surface area contributed by atoms with Gasteiger partial charge in [0, 0.05) is 23.8 Å². The standard InChI is InChI=1S/C24H27ClN2O4/c1-28-22-8-4-20(5-9-22)14-29-15-23-16-30-24(31-23,17-27-13-12-26-18-27)11-10-19-2-6-21(25)7-3-19/h2-9,12-13,18,23H,10-11,14-17H2,1H3. The van der Waals surface area contributed by atoms with E-state index in [9.17, 15) is 0 Å². The Balaban J connectivity index is 1.33. The number of nitrogens with zero attached hydrogens (tertiary/aromatic N) is 2. The van der Waals surface area contributed by atoms with Gasteiger partial charge in [-0.1, -0.05) is 35.9 Å². The normalized spacial score (nSPS) is 20.8. The lowest BCUT2D eigenvalue weighted by molar-refractivity contribution is -0.187. The summed E-state index contributed by atoms with van der Waals surface area (Å²) in [5.74, 6) is 0.121. The Morgan fingerprint density at radius 2 is 1.90 bits per heavy atom. The number of aromatic nitrogens is 2. The van der Waals surface area contributed by atoms with Crippen LogP contribution >= 0.6 is 11.6 Å². The molecule has 1 aliphatic rings. The highest BCUT2D eigenvalue weighted by atomic mass is 35.5. The highest BCUT2D eigenvalue weighted by molar-refractivity contribution is 6.30. The number of ether oxygens (including phenoxy) is 4. The van der Waals surface area contributed by atoms with Crippen LogP contribution in [-0.2, 0) is 33.8 Å². The van der Waals surface area contributed by atoms with E-state index in [-0.39, 0.29) is 6.10 Å². The van der Waals surface area contributed by atoms with Crippen molar-refractivity contribution in [3.63, 3.8) is 0 Å². The number of imidazole rings is 1. The zero-order chi connectivity index (χ0) is 21.5. The fourth-order valence-electron chi connectivity index (χ4n) is 3.67. The third-order valence-electron chi connectivity index (χ3n) is 5.34. The van der Waals surface area contributed by atoms with Crippen LogP contribution in [-0.4, -0.2) is 41.8 Å². The summed E-state index contributed by atoms with van der Waals surface area (Å²) in [6, 6.07) is 15.8. The summed E-state index contributed by atoms with van der Waals surface area (Å²) in [6.45, 7) is 2.06. The molecule has 2 heterocycles. The van der Waals surface area contributed by atoms with Crippen LogP contribution in [0.25, 0.3) is 0 Å². The molecule has 2 unspecified atom stereocenters. The van der Waals surface area contributed by atoms with Crippen molar-refractivity contribution < 1.29 is 18.9 Å². The molecule has 31 heavy (non-hydrogen) atoms. The summed E-state index contributed by atoms with van der Waals surface area (Å²) in [7, 11) is 1.66. The van der Waals surface area contributed by atoms with Crippen molar-refractivity contribution in [3.8, 4) is 5.75 Å². The Morgan fingerprint density at radius 1 is 1.13 bits per heavy atom. The maximum absolute atomic E-state index is 6.40. The Morgan fingerprint density at radius 3 is 2.61 bits per heavy atom. The second-order valence-electron chi connectivity index (χ2n) is 7.69. The first kappa shape index (κ1) is 21.8. The van der Waals surface area contributed by atoms with Gasteiger partial charge in [0.05, 0.1) is 39.8 Å². The SMILES string of the molecule is COc1ccc(COCC2COC(CCc3ccc(Cl)cc3)(Cn3ccnc3)O2)cc1. The number of methoxy groups -OCH3 is 1. The van der Waals surface area contributed by atoms with Crippen LogP contribution in [0.3, 0.4) is 0 Å². The molecule has 0 aliphatic carbocycles. The minimum atomic E-state index is -0.714. The van der Waals surface area contributed by atoms with Gasteiger partial charge in [-0.05, 0) is 41.8 Å². The van der Waals surface area contributed by atoms with Gasteiger partial charge >= 0.3 is 0 Å². The molecule has 6 nitrogen and oxygen atoms in total. The molecule has 7 heteroatoms. The van der Waals surface area contributed by atoms with Crippen LogP contribution in [0, 0.1) is 0 Å². The third kappa shape index (κ3) is 6.08. The summed E-state index contributed by atoms with van der Waals surface area (Å²) in [5, 5.41) is 0.735. The molecule has 0 spiro atoms. The van der Waals surface area contributed by atoms with Gasteiger partial charge in [-0.25, -0.2) is 4.98 Å². The Kier molecular flexibility index (Phi) is 7.25. The lowest BCUT2D eigenvalue weighted by atomic mass is 10.0. The second kappa shape index (κ2) is 10.3. The van der Waals surface area contributed by atoms with Gasteiger partial charge in [-0.2, -0.15) is 0 Å². The number of hydrogen-bond donors (Lipinski definition) is 0. The van der Waals surface area contributed by atoms with Crippen molar-refractivity contribution in [3.05, 3.63) is 83.4 Å². The zero-order valence-electron chi connectivity index (χ0n) is 17.6. The van der Waals surface area contributed by atoms with Gasteiger partial charge in [0.1, 0.15) is 11.9 Å². The van der Waals surface area contributed by atoms with Crippen molar-refractivity contribution >= 4 is 11.6 Å². The van der Waals surface area contributed by atoms with Gasteiger partial charge in [0.2, 0.25) is 0 Å². The minimum Gasteiger partial charge on any atom is -0.497 e. The fourth-order valence-corrected chi connectivity index (χ4v) is 3.79. The van der Waals surface area contributed by atoms with Crippen molar-refractivity contribution in [2.24, 2.45) is 0 Å². The van der Waals surface area contributed by atoms with E-state index in [1.165, 1.54) is 5.56 Å². The summed E-state index contributed by atoms with van der Waals surface area (Å²) >= 11 is 6.01. The molecule has 4 rings (SSSR count). The summed E-state index contributed by atoms with van der Waals surface area (Å²) in [4.78, 5) is 4.14. The molecule has 1 saturated heterocycles. The number of halogens is 1. The smallest absolute Gasteiger partial charge is 0.187 e. The number of hydrogen-bond acceptors (Lipinski definition) is 5. The molecule has 0 amide bonds. The van der Waals surface area contributed by atoms with Crippen LogP contribution in [0.1, 0.15) is 17.5 Å². The maximum atomic E-state index is 6.40. The predicted octanol–water partition coefficient (Wildman–Crippen LogP) is 4.51. The molecule has 1 aromatic heterocycles. The van der Waals surface area contributed by atoms with E-state index in [0.717, 1.165) is 29.2 Å². The summed E-state index contributed by atoms with van der Waals surface area (Å²) in [6.07, 6.45) is 6.89. The van der Waals surface area contributed by atoms with Gasteiger partial charge in [0.15, 0.2) is 5.79 Å². The molecule has 0 N–H and O–H groups in total. The van der Waals surface area contributed by atoms with Crippen LogP contribution in [0.2, 0.25) is 5.02 Å². The molecule has 164 valence electrons. The number of benzene rings is 2. The summed E-state index contributed by atoms with van der Waals surface area (Å²) < 4.78 is 25.7. The molecule has 2 atom stereocenters. The first-order chi connectivity index (χ1) is 15.1. The molecule has 1 aliphatic heterocycles. The highest BCUT2D eigenvalue weighted by Gasteiger charge is 2.41. The zero-order valence-corrected chi connectivity index (χ0v) is 18.3. The van der Waals surface area contributed by atoms with Gasteiger partial charge in [-0.3, -0.25) is 0 Å². The molecule has 3 aromatic rings. The van der Waals surface area contributed by atoms with Crippen LogP contribution in [0.15, 0.2) is 67.3 Å². The van der Waals surface area contributed by atoms with E-state index in [2.05, 4.69) is 4.98 Å². The van der Waals surface area contributed by atoms with Gasteiger partial charge in [-0.15, -0.1) is 0 Å². The average molecular weight is 443 g/mol. The Bertz CT molecular complexity index is 931. The molecule has 1 fully saturated rings.